The van der Waals surface area contributed by atoms with Crippen molar-refractivity contribution in [3.8, 4) is 0 Å². The van der Waals surface area contributed by atoms with Gasteiger partial charge >= 0.3 is 0 Å². The molecule has 1 heterocycles. The van der Waals surface area contributed by atoms with E-state index < -0.39 is 6.67 Å². The second-order valence-electron chi connectivity index (χ2n) is 1.95. The molecule has 0 aromatic carbocycles. The van der Waals surface area contributed by atoms with Crippen molar-refractivity contribution in [2.24, 2.45) is 0 Å². The fourth-order valence-electron chi connectivity index (χ4n) is 0.633. The van der Waals surface area contributed by atoms with E-state index in [-0.39, 0.29) is 5.69 Å². The molecule has 0 spiro atoms. The highest BCUT2D eigenvalue weighted by atomic mass is 19.1. The van der Waals surface area contributed by atoms with Gasteiger partial charge in [-0.25, -0.2) is 14.4 Å². The number of hydrogen-bond donors (Lipinski definition) is 1. The number of anilines is 1. The highest BCUT2D eigenvalue weighted by Crippen LogP contribution is 2.07. The van der Waals surface area contributed by atoms with Crippen LogP contribution in [0.2, 0.25) is 0 Å². The fraction of sp³-hybridized carbons (Fsp3) is 0.333. The Bertz CT molecular complexity index is 236. The minimum atomic E-state index is -0.630. The zero-order valence-electron chi connectivity index (χ0n) is 5.63. The summed E-state index contributed by atoms with van der Waals surface area (Å²) in [4.78, 5) is 7.56. The SMILES string of the molecule is Cc1ncc(N)c(CF)n1. The summed E-state index contributed by atoms with van der Waals surface area (Å²) in [6.07, 6.45) is 1.41. The molecular formula is C6H8FN3. The molecule has 0 atom stereocenters. The lowest BCUT2D eigenvalue weighted by Gasteiger charge is -1.98. The Kier molecular flexibility index (Phi) is 1.80. The predicted molar refractivity (Wildman–Crippen MR) is 36.0 cm³/mol. The lowest BCUT2D eigenvalue weighted by molar-refractivity contribution is 0.476. The van der Waals surface area contributed by atoms with Gasteiger partial charge in [-0.2, -0.15) is 0 Å². The quantitative estimate of drug-likeness (QED) is 0.630. The van der Waals surface area contributed by atoms with E-state index in [0.29, 0.717) is 11.5 Å². The number of aryl methyl sites for hydroxylation is 1. The Morgan fingerprint density at radius 2 is 2.40 bits per heavy atom. The van der Waals surface area contributed by atoms with Crippen molar-refractivity contribution in [2.75, 3.05) is 5.73 Å². The van der Waals surface area contributed by atoms with E-state index in [2.05, 4.69) is 9.97 Å². The molecule has 0 fully saturated rings. The number of aromatic nitrogens is 2. The molecule has 0 aliphatic rings. The van der Waals surface area contributed by atoms with Gasteiger partial charge in [0.05, 0.1) is 17.6 Å². The molecule has 3 nitrogen and oxygen atoms in total. The Labute approximate surface area is 58.1 Å². The summed E-state index contributed by atoms with van der Waals surface area (Å²) in [7, 11) is 0. The van der Waals surface area contributed by atoms with Crippen molar-refractivity contribution in [3.63, 3.8) is 0 Å². The maximum absolute atomic E-state index is 12.0. The van der Waals surface area contributed by atoms with E-state index in [1.54, 1.807) is 6.92 Å². The molecule has 0 aliphatic carbocycles. The number of rotatable bonds is 1. The first kappa shape index (κ1) is 6.92. The molecular weight excluding hydrogens is 133 g/mol. The van der Waals surface area contributed by atoms with Crippen molar-refractivity contribution >= 4 is 5.69 Å². The Balaban J connectivity index is 3.09. The third kappa shape index (κ3) is 1.21. The van der Waals surface area contributed by atoms with E-state index in [1.807, 2.05) is 0 Å². The molecule has 1 aromatic heterocycles. The molecule has 0 saturated carbocycles. The number of nitrogen functional groups attached to an aromatic ring is 1. The van der Waals surface area contributed by atoms with Crippen LogP contribution in [0.4, 0.5) is 10.1 Å². The summed E-state index contributed by atoms with van der Waals surface area (Å²) in [5.41, 5.74) is 5.92. The largest absolute Gasteiger partial charge is 0.396 e. The van der Waals surface area contributed by atoms with Gasteiger partial charge < -0.3 is 5.73 Å². The topological polar surface area (TPSA) is 51.8 Å². The second kappa shape index (κ2) is 2.60. The molecule has 1 rings (SSSR count). The minimum Gasteiger partial charge on any atom is -0.396 e. The van der Waals surface area contributed by atoms with Crippen LogP contribution < -0.4 is 5.73 Å². The second-order valence-corrected chi connectivity index (χ2v) is 1.95. The molecule has 1 aromatic rings. The standard InChI is InChI=1S/C6H8FN3/c1-4-9-3-5(8)6(2-7)10-4/h3H,2,8H2,1H3. The fourth-order valence-corrected chi connectivity index (χ4v) is 0.633. The van der Waals surface area contributed by atoms with Crippen molar-refractivity contribution in [2.45, 2.75) is 13.6 Å². The van der Waals surface area contributed by atoms with Gasteiger partial charge in [-0.05, 0) is 6.92 Å². The third-order valence-corrected chi connectivity index (χ3v) is 1.15. The number of alkyl halides is 1. The first-order chi connectivity index (χ1) is 4.74. The van der Waals surface area contributed by atoms with Crippen LogP contribution in [-0.4, -0.2) is 9.97 Å². The van der Waals surface area contributed by atoms with Gasteiger partial charge in [0.2, 0.25) is 0 Å². The predicted octanol–water partition coefficient (Wildman–Crippen LogP) is 0.837. The van der Waals surface area contributed by atoms with Gasteiger partial charge in [-0.15, -0.1) is 0 Å². The molecule has 4 heteroatoms. The lowest BCUT2D eigenvalue weighted by atomic mass is 10.4. The summed E-state index contributed by atoms with van der Waals surface area (Å²) in [5.74, 6) is 0.543. The van der Waals surface area contributed by atoms with Crippen LogP contribution in [0.1, 0.15) is 11.5 Å². The van der Waals surface area contributed by atoms with Gasteiger partial charge in [-0.1, -0.05) is 0 Å². The van der Waals surface area contributed by atoms with Crippen LogP contribution in [0, 0.1) is 6.92 Å². The molecule has 2 N–H and O–H groups in total. The normalized spacial score (nSPS) is 9.80. The Morgan fingerprint density at radius 1 is 1.70 bits per heavy atom. The third-order valence-electron chi connectivity index (χ3n) is 1.15. The van der Waals surface area contributed by atoms with Crippen LogP contribution in [-0.2, 0) is 6.67 Å². The highest BCUT2D eigenvalue weighted by molar-refractivity contribution is 5.39. The van der Waals surface area contributed by atoms with Crippen molar-refractivity contribution < 1.29 is 4.39 Å². The van der Waals surface area contributed by atoms with Gasteiger partial charge in [0.1, 0.15) is 12.5 Å². The van der Waals surface area contributed by atoms with Crippen molar-refractivity contribution in [1.82, 2.24) is 9.97 Å². The number of nitrogens with two attached hydrogens (primary N) is 1. The lowest BCUT2D eigenvalue weighted by Crippen LogP contribution is -1.99. The molecule has 0 unspecified atom stereocenters. The summed E-state index contributed by atoms with van der Waals surface area (Å²) in [6.45, 7) is 1.06. The van der Waals surface area contributed by atoms with Crippen LogP contribution in [0.15, 0.2) is 6.20 Å². The monoisotopic (exact) mass is 141 g/mol. The van der Waals surface area contributed by atoms with Crippen LogP contribution in [0.25, 0.3) is 0 Å². The van der Waals surface area contributed by atoms with Crippen molar-refractivity contribution in [1.29, 1.82) is 0 Å². The van der Waals surface area contributed by atoms with E-state index in [4.69, 9.17) is 5.73 Å². The van der Waals surface area contributed by atoms with Gasteiger partial charge in [-0.3, -0.25) is 0 Å². The highest BCUT2D eigenvalue weighted by Gasteiger charge is 1.99. The van der Waals surface area contributed by atoms with Crippen LogP contribution >= 0.6 is 0 Å². The summed E-state index contributed by atoms with van der Waals surface area (Å²) >= 11 is 0. The zero-order chi connectivity index (χ0) is 7.56. The van der Waals surface area contributed by atoms with Gasteiger partial charge in [0.25, 0.3) is 0 Å². The van der Waals surface area contributed by atoms with E-state index >= 15 is 0 Å². The van der Waals surface area contributed by atoms with Gasteiger partial charge in [0.15, 0.2) is 0 Å². The average Bonchev–Trinajstić information content (AvgIpc) is 1.94. The smallest absolute Gasteiger partial charge is 0.134 e. The van der Waals surface area contributed by atoms with Crippen LogP contribution in [0.3, 0.4) is 0 Å². The van der Waals surface area contributed by atoms with Crippen LogP contribution in [0.5, 0.6) is 0 Å². The Hall–Kier alpha value is -1.19. The molecule has 0 radical (unpaired) electrons. The molecule has 10 heavy (non-hydrogen) atoms. The molecule has 0 bridgehead atoms. The van der Waals surface area contributed by atoms with E-state index in [0.717, 1.165) is 0 Å². The minimum absolute atomic E-state index is 0.271. The first-order valence-corrected chi connectivity index (χ1v) is 2.88. The zero-order valence-corrected chi connectivity index (χ0v) is 5.63. The molecule has 0 saturated heterocycles. The maximum atomic E-state index is 12.0. The maximum Gasteiger partial charge on any atom is 0.134 e. The van der Waals surface area contributed by atoms with E-state index in [9.17, 15) is 4.39 Å². The number of halogens is 1. The summed E-state index contributed by atoms with van der Waals surface area (Å²) < 4.78 is 12.0. The average molecular weight is 141 g/mol. The summed E-state index contributed by atoms with van der Waals surface area (Å²) in [5, 5.41) is 0. The van der Waals surface area contributed by atoms with Gasteiger partial charge in [0, 0.05) is 0 Å². The Morgan fingerprint density at radius 3 is 2.90 bits per heavy atom. The number of nitrogens with zero attached hydrogens (tertiary/aromatic N) is 2. The number of hydrogen-bond acceptors (Lipinski definition) is 3. The molecule has 54 valence electrons. The first-order valence-electron chi connectivity index (χ1n) is 2.88. The molecule has 0 aliphatic heterocycles. The summed E-state index contributed by atoms with van der Waals surface area (Å²) in [6, 6.07) is 0. The molecule has 0 amide bonds. The van der Waals surface area contributed by atoms with Crippen molar-refractivity contribution in [3.05, 3.63) is 17.7 Å². The van der Waals surface area contributed by atoms with E-state index in [1.165, 1.54) is 6.20 Å².